The molecule has 2 saturated heterocycles. The second kappa shape index (κ2) is 6.77. The van der Waals surface area contributed by atoms with Crippen molar-refractivity contribution in [3.05, 3.63) is 11.9 Å². The van der Waals surface area contributed by atoms with E-state index in [0.717, 1.165) is 45.3 Å². The second-order valence-corrected chi connectivity index (χ2v) is 6.87. The zero-order chi connectivity index (χ0) is 15.5. The molecule has 1 aromatic rings. The van der Waals surface area contributed by atoms with Crippen LogP contribution in [0.5, 0.6) is 0 Å². The Labute approximate surface area is 132 Å². The van der Waals surface area contributed by atoms with Crippen molar-refractivity contribution in [1.82, 2.24) is 25.2 Å². The van der Waals surface area contributed by atoms with E-state index in [2.05, 4.69) is 29.5 Å². The Morgan fingerprint density at radius 2 is 2.05 bits per heavy atom. The first-order valence-corrected chi connectivity index (χ1v) is 8.60. The molecular weight excluding hydrogens is 278 g/mol. The maximum atomic E-state index is 12.8. The van der Waals surface area contributed by atoms with Gasteiger partial charge >= 0.3 is 0 Å². The number of hydrogen-bond donors (Lipinski definition) is 1. The molecule has 1 N–H and O–H groups in total. The van der Waals surface area contributed by atoms with Gasteiger partial charge in [-0.2, -0.15) is 0 Å². The molecule has 0 aliphatic carbocycles. The summed E-state index contributed by atoms with van der Waals surface area (Å²) in [4.78, 5) is 14.8. The molecule has 6 heteroatoms. The van der Waals surface area contributed by atoms with Crippen molar-refractivity contribution in [2.24, 2.45) is 5.92 Å². The number of rotatable bonds is 3. The van der Waals surface area contributed by atoms with Crippen LogP contribution in [0.4, 0.5) is 0 Å². The SMILES string of the molecule is CC(C)C1CCCCN1C(=O)c1cn(C2CCNCC2)nn1. The third kappa shape index (κ3) is 3.16. The summed E-state index contributed by atoms with van der Waals surface area (Å²) >= 11 is 0. The Balaban J connectivity index is 1.72. The van der Waals surface area contributed by atoms with Crippen molar-refractivity contribution in [2.75, 3.05) is 19.6 Å². The summed E-state index contributed by atoms with van der Waals surface area (Å²) in [6.07, 6.45) is 7.37. The molecule has 3 rings (SSSR count). The maximum absolute atomic E-state index is 12.8. The van der Waals surface area contributed by atoms with E-state index in [-0.39, 0.29) is 5.91 Å². The predicted octanol–water partition coefficient (Wildman–Crippen LogP) is 1.85. The van der Waals surface area contributed by atoms with Crippen LogP contribution in [0.2, 0.25) is 0 Å². The predicted molar refractivity (Wildman–Crippen MR) is 84.7 cm³/mol. The summed E-state index contributed by atoms with van der Waals surface area (Å²) in [5.74, 6) is 0.544. The van der Waals surface area contributed by atoms with Crippen LogP contribution in [0.25, 0.3) is 0 Å². The number of nitrogens with one attached hydrogen (secondary N) is 1. The van der Waals surface area contributed by atoms with Crippen molar-refractivity contribution in [3.63, 3.8) is 0 Å². The number of likely N-dealkylation sites (tertiary alicyclic amines) is 1. The molecule has 0 radical (unpaired) electrons. The highest BCUT2D eigenvalue weighted by Gasteiger charge is 2.31. The minimum Gasteiger partial charge on any atom is -0.334 e. The minimum atomic E-state index is 0.0542. The summed E-state index contributed by atoms with van der Waals surface area (Å²) in [7, 11) is 0. The molecule has 1 aromatic heterocycles. The van der Waals surface area contributed by atoms with Crippen LogP contribution in [0.1, 0.15) is 62.5 Å². The Kier molecular flexibility index (Phi) is 4.76. The van der Waals surface area contributed by atoms with Gasteiger partial charge in [-0.15, -0.1) is 5.10 Å². The van der Waals surface area contributed by atoms with Crippen LogP contribution in [0.3, 0.4) is 0 Å². The second-order valence-electron chi connectivity index (χ2n) is 6.87. The van der Waals surface area contributed by atoms with Crippen LogP contribution in [-0.2, 0) is 0 Å². The standard InChI is InChI=1S/C16H27N5O/c1-12(2)15-5-3-4-10-20(15)16(22)14-11-21(19-18-14)13-6-8-17-9-7-13/h11-13,15,17H,3-10H2,1-2H3. The lowest BCUT2D eigenvalue weighted by Gasteiger charge is -2.37. The Hall–Kier alpha value is -1.43. The van der Waals surface area contributed by atoms with Gasteiger partial charge in [-0.1, -0.05) is 19.1 Å². The Morgan fingerprint density at radius 1 is 1.27 bits per heavy atom. The van der Waals surface area contributed by atoms with Gasteiger partial charge in [0.05, 0.1) is 12.2 Å². The lowest BCUT2D eigenvalue weighted by molar-refractivity contribution is 0.0537. The van der Waals surface area contributed by atoms with Crippen molar-refractivity contribution in [3.8, 4) is 0 Å². The van der Waals surface area contributed by atoms with Gasteiger partial charge in [0, 0.05) is 12.6 Å². The quantitative estimate of drug-likeness (QED) is 0.926. The van der Waals surface area contributed by atoms with Gasteiger partial charge in [-0.05, 0) is 51.1 Å². The molecule has 1 atom stereocenters. The van der Waals surface area contributed by atoms with Crippen LogP contribution < -0.4 is 5.32 Å². The van der Waals surface area contributed by atoms with E-state index in [0.29, 0.717) is 23.7 Å². The third-order valence-electron chi connectivity index (χ3n) is 4.99. The van der Waals surface area contributed by atoms with Crippen LogP contribution in [0, 0.1) is 5.92 Å². The summed E-state index contributed by atoms with van der Waals surface area (Å²) in [6, 6.07) is 0.711. The molecule has 2 aliphatic heterocycles. The molecular formula is C16H27N5O. The molecule has 0 saturated carbocycles. The van der Waals surface area contributed by atoms with Gasteiger partial charge in [0.25, 0.3) is 5.91 Å². The van der Waals surface area contributed by atoms with E-state index >= 15 is 0 Å². The van der Waals surface area contributed by atoms with Crippen molar-refractivity contribution >= 4 is 5.91 Å². The number of nitrogens with zero attached hydrogens (tertiary/aromatic N) is 4. The number of aromatic nitrogens is 3. The Bertz CT molecular complexity index is 506. The van der Waals surface area contributed by atoms with Gasteiger partial charge in [0.2, 0.25) is 0 Å². The Morgan fingerprint density at radius 3 is 2.77 bits per heavy atom. The first-order valence-electron chi connectivity index (χ1n) is 8.60. The van der Waals surface area contributed by atoms with E-state index in [9.17, 15) is 4.79 Å². The molecule has 0 aromatic carbocycles. The fourth-order valence-corrected chi connectivity index (χ4v) is 3.67. The van der Waals surface area contributed by atoms with E-state index in [1.54, 1.807) is 0 Å². The lowest BCUT2D eigenvalue weighted by Crippen LogP contribution is -2.46. The van der Waals surface area contributed by atoms with Gasteiger partial charge < -0.3 is 10.2 Å². The van der Waals surface area contributed by atoms with Gasteiger partial charge in [0.15, 0.2) is 5.69 Å². The summed E-state index contributed by atoms with van der Waals surface area (Å²) in [5.41, 5.74) is 0.506. The first-order chi connectivity index (χ1) is 10.7. The number of amides is 1. The molecule has 22 heavy (non-hydrogen) atoms. The smallest absolute Gasteiger partial charge is 0.276 e. The molecule has 1 amide bonds. The molecule has 0 spiro atoms. The van der Waals surface area contributed by atoms with Crippen molar-refractivity contribution in [2.45, 2.75) is 58.0 Å². The van der Waals surface area contributed by atoms with Gasteiger partial charge in [-0.3, -0.25) is 4.79 Å². The van der Waals surface area contributed by atoms with E-state index < -0.39 is 0 Å². The fourth-order valence-electron chi connectivity index (χ4n) is 3.67. The van der Waals surface area contributed by atoms with Crippen LogP contribution >= 0.6 is 0 Å². The summed E-state index contributed by atoms with van der Waals surface area (Å²) in [6.45, 7) is 7.26. The minimum absolute atomic E-state index is 0.0542. The number of carbonyl (C=O) groups is 1. The van der Waals surface area contributed by atoms with Crippen molar-refractivity contribution < 1.29 is 4.79 Å². The van der Waals surface area contributed by atoms with E-state index in [4.69, 9.17) is 0 Å². The zero-order valence-electron chi connectivity index (χ0n) is 13.7. The summed E-state index contributed by atoms with van der Waals surface area (Å²) < 4.78 is 1.89. The zero-order valence-corrected chi connectivity index (χ0v) is 13.7. The normalized spacial score (nSPS) is 24.0. The first kappa shape index (κ1) is 15.5. The largest absolute Gasteiger partial charge is 0.334 e. The number of hydrogen-bond acceptors (Lipinski definition) is 4. The van der Waals surface area contributed by atoms with Crippen molar-refractivity contribution in [1.29, 1.82) is 0 Å². The molecule has 3 heterocycles. The monoisotopic (exact) mass is 305 g/mol. The fraction of sp³-hybridized carbons (Fsp3) is 0.812. The molecule has 2 aliphatic rings. The molecule has 0 bridgehead atoms. The highest BCUT2D eigenvalue weighted by atomic mass is 16.2. The molecule has 6 nitrogen and oxygen atoms in total. The summed E-state index contributed by atoms with van der Waals surface area (Å²) in [5, 5.41) is 11.7. The average molecular weight is 305 g/mol. The van der Waals surface area contributed by atoms with E-state index in [1.807, 2.05) is 15.8 Å². The maximum Gasteiger partial charge on any atom is 0.276 e. The topological polar surface area (TPSA) is 63.1 Å². The highest BCUT2D eigenvalue weighted by Crippen LogP contribution is 2.25. The molecule has 2 fully saturated rings. The molecule has 122 valence electrons. The molecule has 1 unspecified atom stereocenters. The lowest BCUT2D eigenvalue weighted by atomic mass is 9.92. The average Bonchev–Trinajstić information content (AvgIpc) is 3.05. The number of piperidine rings is 2. The van der Waals surface area contributed by atoms with Gasteiger partial charge in [0.1, 0.15) is 0 Å². The van der Waals surface area contributed by atoms with Crippen LogP contribution in [-0.4, -0.2) is 51.5 Å². The van der Waals surface area contributed by atoms with E-state index in [1.165, 1.54) is 6.42 Å². The number of carbonyl (C=O) groups excluding carboxylic acids is 1. The third-order valence-corrected chi connectivity index (χ3v) is 4.99. The van der Waals surface area contributed by atoms with Gasteiger partial charge in [-0.25, -0.2) is 4.68 Å². The highest BCUT2D eigenvalue weighted by molar-refractivity contribution is 5.92. The van der Waals surface area contributed by atoms with Crippen LogP contribution in [0.15, 0.2) is 6.20 Å².